The van der Waals surface area contributed by atoms with Gasteiger partial charge in [-0.2, -0.15) is 0 Å². The number of hydrogen-bond donors (Lipinski definition) is 2. The summed E-state index contributed by atoms with van der Waals surface area (Å²) < 4.78 is 5.75. The van der Waals surface area contributed by atoms with Gasteiger partial charge < -0.3 is 15.2 Å². The van der Waals surface area contributed by atoms with Crippen LogP contribution in [0.25, 0.3) is 10.8 Å². The highest BCUT2D eigenvalue weighted by molar-refractivity contribution is 5.89. The number of hydrogen-bond acceptors (Lipinski definition) is 3. The zero-order chi connectivity index (χ0) is 17.7. The van der Waals surface area contributed by atoms with Crippen molar-refractivity contribution in [2.24, 2.45) is 5.92 Å². The molecule has 2 aliphatic rings. The number of phenols is 1. The Bertz CT molecular complexity index is 1020. The monoisotopic (exact) mass is 343 g/mol. The number of phenolic OH excluding ortho intramolecular Hbond substituents is 1. The minimum atomic E-state index is 0.0804. The molecule has 0 aromatic heterocycles. The number of fused-ring (bicyclic) bond motifs is 4. The highest BCUT2D eigenvalue weighted by Crippen LogP contribution is 2.54. The van der Waals surface area contributed by atoms with Gasteiger partial charge in [-0.05, 0) is 40.8 Å². The Hall–Kier alpha value is -2.94. The molecule has 1 aliphatic carbocycles. The number of anilines is 1. The van der Waals surface area contributed by atoms with Gasteiger partial charge in [-0.3, -0.25) is 0 Å². The fourth-order valence-electron chi connectivity index (χ4n) is 4.67. The number of methoxy groups -OCH3 is 1. The van der Waals surface area contributed by atoms with Gasteiger partial charge in [0.25, 0.3) is 0 Å². The molecule has 0 radical (unpaired) electrons. The lowest BCUT2D eigenvalue weighted by Crippen LogP contribution is -2.29. The van der Waals surface area contributed by atoms with Crippen LogP contribution >= 0.6 is 0 Å². The maximum atomic E-state index is 10.5. The van der Waals surface area contributed by atoms with Crippen molar-refractivity contribution in [3.63, 3.8) is 0 Å². The smallest absolute Gasteiger partial charge is 0.138 e. The molecule has 1 aliphatic heterocycles. The number of ether oxygens (including phenoxy) is 1. The van der Waals surface area contributed by atoms with Gasteiger partial charge in [0.05, 0.1) is 18.8 Å². The summed E-state index contributed by atoms with van der Waals surface area (Å²) in [5.41, 5.74) is 3.21. The quantitative estimate of drug-likeness (QED) is 0.485. The standard InChI is InChI=1S/C23H21NO2/c1-26-20-13-12-14-6-2-3-7-15(14)21(20)23-18-9-4-8-16(18)17-10-5-11-19(25)22(17)24-23/h2-8,10-13,16,18,23-25H,9H2,1H3. The molecule has 26 heavy (non-hydrogen) atoms. The average molecular weight is 343 g/mol. The fraction of sp³-hybridized carbons (Fsp3) is 0.217. The molecule has 3 nitrogen and oxygen atoms in total. The van der Waals surface area contributed by atoms with Gasteiger partial charge in [0.2, 0.25) is 0 Å². The van der Waals surface area contributed by atoms with E-state index in [-0.39, 0.29) is 6.04 Å². The molecule has 3 heteroatoms. The van der Waals surface area contributed by atoms with Crippen LogP contribution in [-0.4, -0.2) is 12.2 Å². The lowest BCUT2D eigenvalue weighted by molar-refractivity contribution is 0.380. The summed E-state index contributed by atoms with van der Waals surface area (Å²) in [5.74, 6) is 1.92. The van der Waals surface area contributed by atoms with Crippen molar-refractivity contribution >= 4 is 16.5 Å². The van der Waals surface area contributed by atoms with Gasteiger partial charge in [-0.25, -0.2) is 0 Å². The van der Waals surface area contributed by atoms with Crippen molar-refractivity contribution in [1.82, 2.24) is 0 Å². The topological polar surface area (TPSA) is 41.5 Å². The van der Waals surface area contributed by atoms with Crippen LogP contribution in [0.3, 0.4) is 0 Å². The number of para-hydroxylation sites is 1. The molecule has 0 saturated carbocycles. The largest absolute Gasteiger partial charge is 0.506 e. The van der Waals surface area contributed by atoms with Crippen molar-refractivity contribution in [1.29, 1.82) is 0 Å². The van der Waals surface area contributed by atoms with Crippen LogP contribution in [0.4, 0.5) is 5.69 Å². The molecular formula is C23H21NO2. The van der Waals surface area contributed by atoms with E-state index in [1.807, 2.05) is 6.07 Å². The summed E-state index contributed by atoms with van der Waals surface area (Å²) in [7, 11) is 1.73. The Kier molecular flexibility index (Phi) is 3.42. The van der Waals surface area contributed by atoms with Gasteiger partial charge in [-0.1, -0.05) is 54.6 Å². The second-order valence-corrected chi connectivity index (χ2v) is 7.12. The fourth-order valence-corrected chi connectivity index (χ4v) is 4.67. The molecule has 130 valence electrons. The molecule has 3 atom stereocenters. The Labute approximate surface area is 152 Å². The predicted octanol–water partition coefficient (Wildman–Crippen LogP) is 5.38. The molecule has 1 heterocycles. The lowest BCUT2D eigenvalue weighted by atomic mass is 9.76. The number of benzene rings is 3. The Balaban J connectivity index is 1.74. The van der Waals surface area contributed by atoms with Gasteiger partial charge in [-0.15, -0.1) is 0 Å². The highest BCUT2D eigenvalue weighted by atomic mass is 16.5. The van der Waals surface area contributed by atoms with Crippen LogP contribution in [0, 0.1) is 5.92 Å². The van der Waals surface area contributed by atoms with E-state index >= 15 is 0 Å². The van der Waals surface area contributed by atoms with E-state index in [1.54, 1.807) is 13.2 Å². The molecule has 2 N–H and O–H groups in total. The zero-order valence-electron chi connectivity index (χ0n) is 14.6. The molecular weight excluding hydrogens is 322 g/mol. The molecule has 0 bridgehead atoms. The van der Waals surface area contributed by atoms with E-state index in [2.05, 4.69) is 59.9 Å². The summed E-state index contributed by atoms with van der Waals surface area (Å²) in [6.45, 7) is 0. The molecule has 0 fully saturated rings. The summed E-state index contributed by atoms with van der Waals surface area (Å²) in [6, 6.07) is 18.5. The van der Waals surface area contributed by atoms with E-state index in [1.165, 1.54) is 21.9 Å². The molecule has 3 aromatic carbocycles. The maximum absolute atomic E-state index is 10.5. The zero-order valence-corrected chi connectivity index (χ0v) is 14.6. The third-order valence-electron chi connectivity index (χ3n) is 5.84. The van der Waals surface area contributed by atoms with Crippen LogP contribution in [0.1, 0.15) is 29.5 Å². The van der Waals surface area contributed by atoms with Gasteiger partial charge >= 0.3 is 0 Å². The van der Waals surface area contributed by atoms with Crippen molar-refractivity contribution in [2.75, 3.05) is 12.4 Å². The van der Waals surface area contributed by atoms with Crippen LogP contribution in [0.2, 0.25) is 0 Å². The summed E-state index contributed by atoms with van der Waals surface area (Å²) in [6.07, 6.45) is 5.57. The van der Waals surface area contributed by atoms with Gasteiger partial charge in [0.15, 0.2) is 0 Å². The minimum Gasteiger partial charge on any atom is -0.506 e. The van der Waals surface area contributed by atoms with Crippen molar-refractivity contribution in [3.05, 3.63) is 77.9 Å². The Morgan fingerprint density at radius 3 is 2.81 bits per heavy atom. The third kappa shape index (κ3) is 2.13. The summed E-state index contributed by atoms with van der Waals surface area (Å²) >= 11 is 0. The molecule has 3 unspecified atom stereocenters. The van der Waals surface area contributed by atoms with Crippen LogP contribution < -0.4 is 10.1 Å². The molecule has 5 rings (SSSR count). The molecule has 0 amide bonds. The van der Waals surface area contributed by atoms with Crippen LogP contribution in [-0.2, 0) is 0 Å². The van der Waals surface area contributed by atoms with Crippen LogP contribution in [0.5, 0.6) is 11.5 Å². The van der Waals surface area contributed by atoms with E-state index in [4.69, 9.17) is 4.74 Å². The number of nitrogens with one attached hydrogen (secondary N) is 1. The van der Waals surface area contributed by atoms with E-state index in [9.17, 15) is 5.11 Å². The molecule has 0 saturated heterocycles. The first-order valence-corrected chi connectivity index (χ1v) is 9.08. The second kappa shape index (κ2) is 5.80. The van der Waals surface area contributed by atoms with E-state index in [0.29, 0.717) is 17.6 Å². The number of aromatic hydroxyl groups is 1. The van der Waals surface area contributed by atoms with Gasteiger partial charge in [0.1, 0.15) is 11.5 Å². The van der Waals surface area contributed by atoms with Crippen molar-refractivity contribution < 1.29 is 9.84 Å². The normalized spacial score (nSPS) is 23.3. The highest BCUT2D eigenvalue weighted by Gasteiger charge is 2.40. The third-order valence-corrected chi connectivity index (χ3v) is 5.84. The predicted molar refractivity (Wildman–Crippen MR) is 105 cm³/mol. The average Bonchev–Trinajstić information content (AvgIpc) is 3.17. The van der Waals surface area contributed by atoms with E-state index in [0.717, 1.165) is 17.9 Å². The molecule has 3 aromatic rings. The first-order chi connectivity index (χ1) is 12.8. The molecule has 0 spiro atoms. The SMILES string of the molecule is COc1ccc2ccccc2c1C1Nc2c(O)cccc2C2C=CCC21. The summed E-state index contributed by atoms with van der Waals surface area (Å²) in [4.78, 5) is 0. The first kappa shape index (κ1) is 15.3. The van der Waals surface area contributed by atoms with Crippen molar-refractivity contribution in [2.45, 2.75) is 18.4 Å². The van der Waals surface area contributed by atoms with Gasteiger partial charge in [0, 0.05) is 11.5 Å². The second-order valence-electron chi connectivity index (χ2n) is 7.12. The Morgan fingerprint density at radius 2 is 1.92 bits per heavy atom. The number of rotatable bonds is 2. The first-order valence-electron chi connectivity index (χ1n) is 9.08. The maximum Gasteiger partial charge on any atom is 0.138 e. The van der Waals surface area contributed by atoms with Crippen molar-refractivity contribution in [3.8, 4) is 11.5 Å². The Morgan fingerprint density at radius 1 is 1.04 bits per heavy atom. The lowest BCUT2D eigenvalue weighted by Gasteiger charge is -2.38. The van der Waals surface area contributed by atoms with E-state index < -0.39 is 0 Å². The number of allylic oxidation sites excluding steroid dienone is 2. The van der Waals surface area contributed by atoms with Crippen LogP contribution in [0.15, 0.2) is 66.7 Å². The minimum absolute atomic E-state index is 0.0804. The summed E-state index contributed by atoms with van der Waals surface area (Å²) in [5, 5.41) is 16.5.